The van der Waals surface area contributed by atoms with Crippen LogP contribution in [-0.2, 0) is 6.42 Å². The van der Waals surface area contributed by atoms with E-state index >= 15 is 0 Å². The van der Waals surface area contributed by atoms with E-state index in [1.165, 1.54) is 0 Å². The zero-order chi connectivity index (χ0) is 14.8. The highest BCUT2D eigenvalue weighted by Crippen LogP contribution is 2.23. The van der Waals surface area contributed by atoms with E-state index in [-0.39, 0.29) is 0 Å². The van der Waals surface area contributed by atoms with Gasteiger partial charge in [0.05, 0.1) is 16.9 Å². The Morgan fingerprint density at radius 2 is 1.95 bits per heavy atom. The maximum Gasteiger partial charge on any atom is 0.220 e. The maximum absolute atomic E-state index is 5.76. The van der Waals surface area contributed by atoms with Gasteiger partial charge < -0.3 is 5.73 Å². The molecule has 0 atom stereocenters. The third-order valence-corrected chi connectivity index (χ3v) is 3.61. The molecule has 6 heteroatoms. The van der Waals surface area contributed by atoms with E-state index in [0.29, 0.717) is 5.95 Å². The van der Waals surface area contributed by atoms with Crippen LogP contribution >= 0.6 is 15.9 Å². The summed E-state index contributed by atoms with van der Waals surface area (Å²) in [5, 5.41) is 0. The molecule has 0 unspecified atom stereocenters. The van der Waals surface area contributed by atoms with Crippen LogP contribution in [-0.4, -0.2) is 19.9 Å². The summed E-state index contributed by atoms with van der Waals surface area (Å²) in [7, 11) is 0. The van der Waals surface area contributed by atoms with Crippen LogP contribution < -0.4 is 5.73 Å². The molecule has 0 aliphatic rings. The molecule has 0 spiro atoms. The standard InChI is InChI=1S/C15H14BrN5/c1-2-3-11-14-12(21-15(17)20-11)6-5-10(19-14)9-4-7-13(16)18-8-9/h4-8H,2-3H2,1H3,(H2,17,20,21). The fourth-order valence-electron chi connectivity index (χ4n) is 2.19. The fraction of sp³-hybridized carbons (Fsp3) is 0.200. The highest BCUT2D eigenvalue weighted by molar-refractivity contribution is 9.10. The minimum Gasteiger partial charge on any atom is -0.368 e. The van der Waals surface area contributed by atoms with Crippen LogP contribution in [0.25, 0.3) is 22.3 Å². The van der Waals surface area contributed by atoms with E-state index in [1.54, 1.807) is 6.20 Å². The Hall–Kier alpha value is -2.08. The van der Waals surface area contributed by atoms with Crippen LogP contribution in [0.5, 0.6) is 0 Å². The summed E-state index contributed by atoms with van der Waals surface area (Å²) in [6.07, 6.45) is 3.60. The van der Waals surface area contributed by atoms with E-state index in [4.69, 9.17) is 10.7 Å². The lowest BCUT2D eigenvalue weighted by Gasteiger charge is -2.07. The van der Waals surface area contributed by atoms with Gasteiger partial charge in [-0.2, -0.15) is 0 Å². The Morgan fingerprint density at radius 1 is 1.10 bits per heavy atom. The number of nitrogens with two attached hydrogens (primary N) is 1. The first-order valence-corrected chi connectivity index (χ1v) is 7.51. The number of fused-ring (bicyclic) bond motifs is 1. The molecule has 0 aliphatic heterocycles. The summed E-state index contributed by atoms with van der Waals surface area (Å²) in [4.78, 5) is 17.5. The van der Waals surface area contributed by atoms with Gasteiger partial charge in [0.25, 0.3) is 0 Å². The summed E-state index contributed by atoms with van der Waals surface area (Å²) < 4.78 is 0.801. The van der Waals surface area contributed by atoms with Crippen LogP contribution in [0.2, 0.25) is 0 Å². The van der Waals surface area contributed by atoms with Crippen molar-refractivity contribution in [2.75, 3.05) is 5.73 Å². The molecular weight excluding hydrogens is 330 g/mol. The van der Waals surface area contributed by atoms with Crippen molar-refractivity contribution < 1.29 is 0 Å². The fourth-order valence-corrected chi connectivity index (χ4v) is 2.43. The molecule has 0 saturated carbocycles. The Morgan fingerprint density at radius 3 is 2.67 bits per heavy atom. The monoisotopic (exact) mass is 343 g/mol. The predicted molar refractivity (Wildman–Crippen MR) is 86.7 cm³/mol. The molecule has 0 fully saturated rings. The molecule has 3 rings (SSSR count). The van der Waals surface area contributed by atoms with Gasteiger partial charge in [-0.05, 0) is 46.6 Å². The van der Waals surface area contributed by atoms with Crippen LogP contribution in [0, 0.1) is 0 Å². The number of nitrogens with zero attached hydrogens (tertiary/aromatic N) is 4. The van der Waals surface area contributed by atoms with Crippen molar-refractivity contribution in [3.8, 4) is 11.3 Å². The maximum atomic E-state index is 5.76. The molecule has 0 aliphatic carbocycles. The van der Waals surface area contributed by atoms with Crippen molar-refractivity contribution in [3.63, 3.8) is 0 Å². The van der Waals surface area contributed by atoms with Gasteiger partial charge in [0, 0.05) is 11.8 Å². The van der Waals surface area contributed by atoms with Gasteiger partial charge in [0.1, 0.15) is 10.1 Å². The Balaban J connectivity index is 2.16. The van der Waals surface area contributed by atoms with E-state index in [2.05, 4.69) is 37.8 Å². The second-order valence-electron chi connectivity index (χ2n) is 4.71. The molecule has 0 bridgehead atoms. The summed E-state index contributed by atoms with van der Waals surface area (Å²) >= 11 is 3.33. The largest absolute Gasteiger partial charge is 0.368 e. The molecule has 3 heterocycles. The topological polar surface area (TPSA) is 77.6 Å². The first kappa shape index (κ1) is 13.9. The molecule has 5 nitrogen and oxygen atoms in total. The van der Waals surface area contributed by atoms with Crippen LogP contribution in [0.3, 0.4) is 0 Å². The molecule has 106 valence electrons. The Labute approximate surface area is 130 Å². The van der Waals surface area contributed by atoms with Crippen molar-refractivity contribution in [1.82, 2.24) is 19.9 Å². The number of aryl methyl sites for hydroxylation is 1. The number of nitrogen functional groups attached to an aromatic ring is 1. The lowest BCUT2D eigenvalue weighted by Crippen LogP contribution is -2.02. The summed E-state index contributed by atoms with van der Waals surface area (Å²) in [6, 6.07) is 7.73. The highest BCUT2D eigenvalue weighted by Gasteiger charge is 2.09. The highest BCUT2D eigenvalue weighted by atomic mass is 79.9. The average molecular weight is 344 g/mol. The smallest absolute Gasteiger partial charge is 0.220 e. The molecule has 0 amide bonds. The van der Waals surface area contributed by atoms with Gasteiger partial charge in [-0.1, -0.05) is 13.3 Å². The third kappa shape index (κ3) is 2.85. The van der Waals surface area contributed by atoms with Gasteiger partial charge in [-0.25, -0.2) is 19.9 Å². The molecular formula is C15H14BrN5. The zero-order valence-electron chi connectivity index (χ0n) is 11.5. The zero-order valence-corrected chi connectivity index (χ0v) is 13.1. The van der Waals surface area contributed by atoms with Gasteiger partial charge in [0.15, 0.2) is 0 Å². The minimum absolute atomic E-state index is 0.297. The first-order chi connectivity index (χ1) is 10.2. The quantitative estimate of drug-likeness (QED) is 0.737. The van der Waals surface area contributed by atoms with Gasteiger partial charge in [0.2, 0.25) is 5.95 Å². The van der Waals surface area contributed by atoms with Gasteiger partial charge in [-0.3, -0.25) is 0 Å². The second kappa shape index (κ2) is 5.73. The molecule has 3 aromatic heterocycles. The predicted octanol–water partition coefficient (Wildman–Crippen LogP) is 3.38. The molecule has 0 radical (unpaired) electrons. The minimum atomic E-state index is 0.297. The van der Waals surface area contributed by atoms with Gasteiger partial charge in [-0.15, -0.1) is 0 Å². The molecule has 21 heavy (non-hydrogen) atoms. The van der Waals surface area contributed by atoms with Crippen LogP contribution in [0.4, 0.5) is 5.95 Å². The summed E-state index contributed by atoms with van der Waals surface area (Å²) in [6.45, 7) is 2.10. The number of hydrogen-bond acceptors (Lipinski definition) is 5. The second-order valence-corrected chi connectivity index (χ2v) is 5.52. The Bertz CT molecular complexity index is 786. The molecule has 2 N–H and O–H groups in total. The number of aromatic nitrogens is 4. The van der Waals surface area contributed by atoms with Crippen molar-refractivity contribution in [3.05, 3.63) is 40.8 Å². The average Bonchev–Trinajstić information content (AvgIpc) is 2.48. The Kier molecular flexibility index (Phi) is 3.79. The number of rotatable bonds is 3. The van der Waals surface area contributed by atoms with Crippen molar-refractivity contribution >= 4 is 32.9 Å². The molecule has 0 saturated heterocycles. The van der Waals surface area contributed by atoms with E-state index in [0.717, 1.165) is 45.4 Å². The third-order valence-electron chi connectivity index (χ3n) is 3.14. The lowest BCUT2D eigenvalue weighted by atomic mass is 10.1. The number of pyridine rings is 2. The lowest BCUT2D eigenvalue weighted by molar-refractivity contribution is 0.885. The summed E-state index contributed by atoms with van der Waals surface area (Å²) in [5.74, 6) is 0.297. The van der Waals surface area contributed by atoms with Crippen LogP contribution in [0.1, 0.15) is 19.0 Å². The normalized spacial score (nSPS) is 11.0. The van der Waals surface area contributed by atoms with E-state index in [1.807, 2.05) is 24.3 Å². The van der Waals surface area contributed by atoms with E-state index < -0.39 is 0 Å². The SMILES string of the molecule is CCCc1nc(N)nc2ccc(-c3ccc(Br)nc3)nc12. The van der Waals surface area contributed by atoms with Crippen LogP contribution in [0.15, 0.2) is 35.1 Å². The summed E-state index contributed by atoms with van der Waals surface area (Å²) in [5.41, 5.74) is 10.1. The van der Waals surface area contributed by atoms with E-state index in [9.17, 15) is 0 Å². The van der Waals surface area contributed by atoms with Crippen molar-refractivity contribution in [1.29, 1.82) is 0 Å². The number of anilines is 1. The van der Waals surface area contributed by atoms with Gasteiger partial charge >= 0.3 is 0 Å². The van der Waals surface area contributed by atoms with Crippen molar-refractivity contribution in [2.45, 2.75) is 19.8 Å². The molecule has 3 aromatic rings. The number of halogens is 1. The first-order valence-electron chi connectivity index (χ1n) is 6.72. The number of hydrogen-bond donors (Lipinski definition) is 1. The molecule has 0 aromatic carbocycles. The van der Waals surface area contributed by atoms with Crippen molar-refractivity contribution in [2.24, 2.45) is 0 Å².